The second kappa shape index (κ2) is 4.49. The fourth-order valence-corrected chi connectivity index (χ4v) is 2.03. The van der Waals surface area contributed by atoms with Crippen molar-refractivity contribution in [1.29, 1.82) is 0 Å². The van der Waals surface area contributed by atoms with Crippen LogP contribution in [0.3, 0.4) is 0 Å². The molecule has 0 aliphatic heterocycles. The Bertz CT molecular complexity index is 637. The van der Waals surface area contributed by atoms with Gasteiger partial charge in [-0.2, -0.15) is 5.10 Å². The molecule has 0 unspecified atom stereocenters. The number of imidazole rings is 1. The lowest BCUT2D eigenvalue weighted by Gasteiger charge is -2.06. The molecule has 0 amide bonds. The molecule has 0 atom stereocenters. The Morgan fingerprint density at radius 3 is 2.72 bits per heavy atom. The summed E-state index contributed by atoms with van der Waals surface area (Å²) in [5.41, 5.74) is 2.30. The van der Waals surface area contributed by atoms with Gasteiger partial charge in [0.2, 0.25) is 0 Å². The van der Waals surface area contributed by atoms with Crippen LogP contribution in [0.5, 0.6) is 0 Å². The third-order valence-corrected chi connectivity index (χ3v) is 2.86. The van der Waals surface area contributed by atoms with Crippen LogP contribution in [0.15, 0.2) is 55.1 Å². The molecule has 0 aliphatic rings. The third kappa shape index (κ3) is 2.05. The predicted octanol–water partition coefficient (Wildman–Crippen LogP) is 2.33. The van der Waals surface area contributed by atoms with Gasteiger partial charge in [-0.15, -0.1) is 0 Å². The molecule has 0 N–H and O–H groups in total. The van der Waals surface area contributed by atoms with Crippen LogP contribution in [0.25, 0.3) is 11.4 Å². The molecular weight excluding hydrogens is 224 g/mol. The first kappa shape index (κ1) is 10.8. The molecule has 4 nitrogen and oxygen atoms in total. The Kier molecular flexibility index (Phi) is 2.68. The van der Waals surface area contributed by atoms with E-state index in [4.69, 9.17) is 0 Å². The van der Waals surface area contributed by atoms with E-state index < -0.39 is 0 Å². The minimum Gasteiger partial charge on any atom is -0.326 e. The first-order valence-electron chi connectivity index (χ1n) is 5.87. The highest BCUT2D eigenvalue weighted by molar-refractivity contribution is 5.55. The summed E-state index contributed by atoms with van der Waals surface area (Å²) >= 11 is 0. The lowest BCUT2D eigenvalue weighted by molar-refractivity contribution is 0.763. The Morgan fingerprint density at radius 1 is 1.17 bits per heavy atom. The van der Waals surface area contributed by atoms with E-state index in [1.807, 2.05) is 54.7 Å². The predicted molar refractivity (Wildman–Crippen MR) is 70.0 cm³/mol. The van der Waals surface area contributed by atoms with Crippen molar-refractivity contribution in [2.24, 2.45) is 7.05 Å². The zero-order valence-corrected chi connectivity index (χ0v) is 10.2. The molecule has 2 aromatic heterocycles. The van der Waals surface area contributed by atoms with Gasteiger partial charge in [-0.3, -0.25) is 4.68 Å². The smallest absolute Gasteiger partial charge is 0.140 e. The third-order valence-electron chi connectivity index (χ3n) is 2.86. The Labute approximate surface area is 106 Å². The van der Waals surface area contributed by atoms with E-state index in [2.05, 4.69) is 26.8 Å². The summed E-state index contributed by atoms with van der Waals surface area (Å²) < 4.78 is 3.95. The average Bonchev–Trinajstić information content (AvgIpc) is 3.00. The molecule has 18 heavy (non-hydrogen) atoms. The molecule has 0 radical (unpaired) electrons. The van der Waals surface area contributed by atoms with E-state index >= 15 is 0 Å². The van der Waals surface area contributed by atoms with Crippen LogP contribution in [0.4, 0.5) is 0 Å². The number of aromatic nitrogens is 4. The first-order valence-corrected chi connectivity index (χ1v) is 5.87. The van der Waals surface area contributed by atoms with Crippen LogP contribution >= 0.6 is 0 Å². The molecule has 90 valence electrons. The van der Waals surface area contributed by atoms with E-state index in [-0.39, 0.29) is 0 Å². The summed E-state index contributed by atoms with van der Waals surface area (Å²) in [6, 6.07) is 10.2. The summed E-state index contributed by atoms with van der Waals surface area (Å²) in [5.74, 6) is 0.986. The molecule has 0 spiro atoms. The van der Waals surface area contributed by atoms with Gasteiger partial charge in [-0.25, -0.2) is 4.98 Å². The van der Waals surface area contributed by atoms with Gasteiger partial charge in [-0.1, -0.05) is 30.3 Å². The minimum atomic E-state index is 0.790. The van der Waals surface area contributed by atoms with E-state index in [0.29, 0.717) is 0 Å². The van der Waals surface area contributed by atoms with E-state index in [1.54, 1.807) is 0 Å². The Morgan fingerprint density at radius 2 is 2.00 bits per heavy atom. The molecule has 3 rings (SSSR count). The van der Waals surface area contributed by atoms with Gasteiger partial charge < -0.3 is 4.57 Å². The van der Waals surface area contributed by atoms with Gasteiger partial charge in [0.05, 0.1) is 12.7 Å². The maximum atomic E-state index is 4.43. The van der Waals surface area contributed by atoms with Crippen LogP contribution in [0.2, 0.25) is 0 Å². The number of hydrogen-bond donors (Lipinski definition) is 0. The molecular formula is C14H14N4. The Hall–Kier alpha value is -2.36. The second-order valence-electron chi connectivity index (χ2n) is 4.27. The molecule has 3 aromatic rings. The highest BCUT2D eigenvalue weighted by Gasteiger charge is 2.06. The zero-order chi connectivity index (χ0) is 12.4. The normalized spacial score (nSPS) is 10.7. The summed E-state index contributed by atoms with van der Waals surface area (Å²) in [6.07, 6.45) is 7.73. The molecule has 4 heteroatoms. The van der Waals surface area contributed by atoms with Crippen molar-refractivity contribution in [2.45, 2.75) is 6.54 Å². The number of nitrogens with zero attached hydrogens (tertiary/aromatic N) is 4. The quantitative estimate of drug-likeness (QED) is 0.702. The van der Waals surface area contributed by atoms with Gasteiger partial charge >= 0.3 is 0 Å². The summed E-state index contributed by atoms with van der Waals surface area (Å²) in [5, 5.41) is 4.18. The number of hydrogen-bond acceptors (Lipinski definition) is 2. The van der Waals surface area contributed by atoms with Gasteiger partial charge in [0, 0.05) is 36.8 Å². The first-order chi connectivity index (χ1) is 8.83. The van der Waals surface area contributed by atoms with Gasteiger partial charge in [0.25, 0.3) is 0 Å². The molecule has 0 aliphatic carbocycles. The zero-order valence-electron chi connectivity index (χ0n) is 10.2. The van der Waals surface area contributed by atoms with E-state index in [1.165, 1.54) is 5.56 Å². The van der Waals surface area contributed by atoms with Gasteiger partial charge in [-0.05, 0) is 0 Å². The maximum Gasteiger partial charge on any atom is 0.140 e. The monoisotopic (exact) mass is 238 g/mol. The average molecular weight is 238 g/mol. The van der Waals surface area contributed by atoms with Crippen molar-refractivity contribution in [3.63, 3.8) is 0 Å². The van der Waals surface area contributed by atoms with Crippen LogP contribution in [-0.4, -0.2) is 19.3 Å². The maximum absolute atomic E-state index is 4.43. The summed E-state index contributed by atoms with van der Waals surface area (Å²) in [4.78, 5) is 4.43. The molecule has 1 aromatic carbocycles. The van der Waals surface area contributed by atoms with Crippen molar-refractivity contribution in [3.8, 4) is 11.4 Å². The molecule has 0 saturated carbocycles. The highest BCUT2D eigenvalue weighted by atomic mass is 15.2. The molecule has 2 heterocycles. The van der Waals surface area contributed by atoms with Crippen molar-refractivity contribution < 1.29 is 0 Å². The van der Waals surface area contributed by atoms with Crippen molar-refractivity contribution in [3.05, 3.63) is 60.7 Å². The lowest BCUT2D eigenvalue weighted by Crippen LogP contribution is -2.00. The van der Waals surface area contributed by atoms with Crippen molar-refractivity contribution >= 4 is 0 Å². The van der Waals surface area contributed by atoms with E-state index in [0.717, 1.165) is 17.9 Å². The number of aryl methyl sites for hydroxylation is 1. The summed E-state index contributed by atoms with van der Waals surface area (Å²) in [6.45, 7) is 0.790. The van der Waals surface area contributed by atoms with Gasteiger partial charge in [0.15, 0.2) is 0 Å². The van der Waals surface area contributed by atoms with E-state index in [9.17, 15) is 0 Å². The lowest BCUT2D eigenvalue weighted by atomic mass is 10.2. The van der Waals surface area contributed by atoms with Crippen LogP contribution in [0.1, 0.15) is 5.56 Å². The standard InChI is InChI=1S/C14H14N4/c1-17-10-12(9-16-17)11-18-8-7-15-14(18)13-5-3-2-4-6-13/h2-10H,11H2,1H3. The molecule has 0 fully saturated rings. The second-order valence-corrected chi connectivity index (χ2v) is 4.27. The van der Waals surface area contributed by atoms with Crippen molar-refractivity contribution in [1.82, 2.24) is 19.3 Å². The van der Waals surface area contributed by atoms with Crippen LogP contribution in [-0.2, 0) is 13.6 Å². The molecule has 0 saturated heterocycles. The fraction of sp³-hybridized carbons (Fsp3) is 0.143. The largest absolute Gasteiger partial charge is 0.326 e. The topological polar surface area (TPSA) is 35.6 Å². The Balaban J connectivity index is 1.93. The molecule has 0 bridgehead atoms. The number of rotatable bonds is 3. The minimum absolute atomic E-state index is 0.790. The fourth-order valence-electron chi connectivity index (χ4n) is 2.03. The van der Waals surface area contributed by atoms with Crippen molar-refractivity contribution in [2.75, 3.05) is 0 Å². The number of benzene rings is 1. The summed E-state index contributed by atoms with van der Waals surface area (Å²) in [7, 11) is 1.93. The van der Waals surface area contributed by atoms with Crippen LogP contribution < -0.4 is 0 Å². The highest BCUT2D eigenvalue weighted by Crippen LogP contribution is 2.17. The SMILES string of the molecule is Cn1cc(Cn2ccnc2-c2ccccc2)cn1. The van der Waals surface area contributed by atoms with Gasteiger partial charge in [0.1, 0.15) is 5.82 Å². The van der Waals surface area contributed by atoms with Crippen LogP contribution in [0, 0.1) is 0 Å².